The molecule has 0 aliphatic carbocycles. The molecule has 0 atom stereocenters. The molecule has 0 saturated carbocycles. The Kier molecular flexibility index (Phi) is 5.10. The summed E-state index contributed by atoms with van der Waals surface area (Å²) in [5, 5.41) is 5.76. The van der Waals surface area contributed by atoms with Crippen LogP contribution >= 0.6 is 11.5 Å². The smallest absolute Gasteiger partial charge is 0.352 e. The molecule has 116 valence electrons. The maximum Gasteiger partial charge on any atom is 0.352 e. The molecule has 0 bridgehead atoms. The summed E-state index contributed by atoms with van der Waals surface area (Å²) < 4.78 is 35.1. The highest BCUT2D eigenvalue weighted by molar-refractivity contribution is 7.07. The lowest BCUT2D eigenvalue weighted by atomic mass is 10.3. The Labute approximate surface area is 128 Å². The first-order valence-corrected chi connectivity index (χ1v) is 7.02. The minimum absolute atomic E-state index is 0.201. The Bertz CT molecular complexity index is 685. The molecule has 1 N–H and O–H groups in total. The molecule has 1 heterocycles. The number of hydrogen-bond donors (Lipinski definition) is 1. The highest BCUT2D eigenvalue weighted by atomic mass is 32.1. The van der Waals surface area contributed by atoms with Crippen LogP contribution in [0.1, 0.15) is 22.3 Å². The Hall–Kier alpha value is -2.42. The van der Waals surface area contributed by atoms with Gasteiger partial charge in [0, 0.05) is 0 Å². The SMILES string of the molecule is CCc1nnsc1C(=O)OCC(=O)Nc1c(F)cccc1F. The van der Waals surface area contributed by atoms with Gasteiger partial charge in [-0.2, -0.15) is 0 Å². The Morgan fingerprint density at radius 1 is 1.32 bits per heavy atom. The Morgan fingerprint density at radius 2 is 2.00 bits per heavy atom. The van der Waals surface area contributed by atoms with Crippen LogP contribution in [0.3, 0.4) is 0 Å². The van der Waals surface area contributed by atoms with Gasteiger partial charge >= 0.3 is 5.97 Å². The summed E-state index contributed by atoms with van der Waals surface area (Å²) >= 11 is 0.855. The van der Waals surface area contributed by atoms with E-state index in [0.29, 0.717) is 12.1 Å². The molecule has 6 nitrogen and oxygen atoms in total. The van der Waals surface area contributed by atoms with Crippen LogP contribution in [0.15, 0.2) is 18.2 Å². The molecule has 22 heavy (non-hydrogen) atoms. The predicted molar refractivity (Wildman–Crippen MR) is 74.6 cm³/mol. The summed E-state index contributed by atoms with van der Waals surface area (Å²) in [7, 11) is 0. The second-order valence-electron chi connectivity index (χ2n) is 4.12. The predicted octanol–water partition coefficient (Wildman–Crippen LogP) is 2.17. The van der Waals surface area contributed by atoms with Crippen LogP contribution in [0.4, 0.5) is 14.5 Å². The van der Waals surface area contributed by atoms with E-state index in [4.69, 9.17) is 4.74 Å². The van der Waals surface area contributed by atoms with Crippen molar-refractivity contribution in [2.75, 3.05) is 11.9 Å². The van der Waals surface area contributed by atoms with Crippen molar-refractivity contribution in [3.8, 4) is 0 Å². The zero-order valence-electron chi connectivity index (χ0n) is 11.4. The van der Waals surface area contributed by atoms with Crippen LogP contribution in [0.25, 0.3) is 0 Å². The number of rotatable bonds is 5. The largest absolute Gasteiger partial charge is 0.451 e. The highest BCUT2D eigenvalue weighted by Crippen LogP contribution is 2.18. The van der Waals surface area contributed by atoms with E-state index in [9.17, 15) is 18.4 Å². The van der Waals surface area contributed by atoms with E-state index >= 15 is 0 Å². The number of carbonyl (C=O) groups is 2. The molecule has 9 heteroatoms. The van der Waals surface area contributed by atoms with Gasteiger partial charge in [0.2, 0.25) is 0 Å². The van der Waals surface area contributed by atoms with Gasteiger partial charge in [-0.15, -0.1) is 5.10 Å². The number of para-hydroxylation sites is 1. The molecule has 0 fully saturated rings. The number of halogens is 2. The third kappa shape index (κ3) is 3.61. The van der Waals surface area contributed by atoms with Crippen molar-refractivity contribution in [1.29, 1.82) is 0 Å². The third-order valence-corrected chi connectivity index (χ3v) is 3.39. The van der Waals surface area contributed by atoms with Crippen molar-refractivity contribution >= 4 is 29.1 Å². The summed E-state index contributed by atoms with van der Waals surface area (Å²) in [5.74, 6) is -3.44. The van der Waals surface area contributed by atoms with E-state index in [0.717, 1.165) is 23.7 Å². The quantitative estimate of drug-likeness (QED) is 0.851. The van der Waals surface area contributed by atoms with Crippen molar-refractivity contribution < 1.29 is 23.1 Å². The van der Waals surface area contributed by atoms with Crippen molar-refractivity contribution in [3.63, 3.8) is 0 Å². The number of esters is 1. The van der Waals surface area contributed by atoms with Crippen LogP contribution in [-0.4, -0.2) is 28.1 Å². The van der Waals surface area contributed by atoms with Crippen molar-refractivity contribution in [2.45, 2.75) is 13.3 Å². The van der Waals surface area contributed by atoms with Gasteiger partial charge < -0.3 is 10.1 Å². The van der Waals surface area contributed by atoms with Gasteiger partial charge in [0.05, 0.1) is 5.69 Å². The van der Waals surface area contributed by atoms with Gasteiger partial charge in [0.15, 0.2) is 11.5 Å². The molecule has 0 aliphatic heterocycles. The number of benzene rings is 1. The fraction of sp³-hybridized carbons (Fsp3) is 0.231. The van der Waals surface area contributed by atoms with E-state index in [1.807, 2.05) is 5.32 Å². The van der Waals surface area contributed by atoms with Crippen molar-refractivity contribution in [3.05, 3.63) is 40.4 Å². The first-order valence-electron chi connectivity index (χ1n) is 6.25. The number of aryl methyl sites for hydroxylation is 1. The first kappa shape index (κ1) is 16.0. The molecule has 1 aromatic heterocycles. The minimum Gasteiger partial charge on any atom is -0.451 e. The number of nitrogens with one attached hydrogen (secondary N) is 1. The average Bonchev–Trinajstić information content (AvgIpc) is 2.97. The summed E-state index contributed by atoms with van der Waals surface area (Å²) in [4.78, 5) is 23.6. The highest BCUT2D eigenvalue weighted by Gasteiger charge is 2.18. The first-order chi connectivity index (χ1) is 10.5. The van der Waals surface area contributed by atoms with Gasteiger partial charge in [-0.05, 0) is 30.1 Å². The maximum atomic E-state index is 13.4. The number of carbonyl (C=O) groups excluding carboxylic acids is 2. The monoisotopic (exact) mass is 327 g/mol. The molecule has 1 aromatic carbocycles. The number of amides is 1. The Morgan fingerprint density at radius 3 is 2.64 bits per heavy atom. The summed E-state index contributed by atoms with van der Waals surface area (Å²) in [5.41, 5.74) is -0.118. The van der Waals surface area contributed by atoms with Crippen LogP contribution in [-0.2, 0) is 16.0 Å². The fourth-order valence-electron chi connectivity index (χ4n) is 1.58. The average molecular weight is 327 g/mol. The Balaban J connectivity index is 1.95. The van der Waals surface area contributed by atoms with Crippen molar-refractivity contribution in [1.82, 2.24) is 9.59 Å². The van der Waals surface area contributed by atoms with Gasteiger partial charge in [0.25, 0.3) is 5.91 Å². The molecule has 0 spiro atoms. The van der Waals surface area contributed by atoms with E-state index in [1.165, 1.54) is 6.07 Å². The van der Waals surface area contributed by atoms with Crippen molar-refractivity contribution in [2.24, 2.45) is 0 Å². The molecule has 1 amide bonds. The lowest BCUT2D eigenvalue weighted by Gasteiger charge is -2.07. The number of aromatic nitrogens is 2. The second-order valence-corrected chi connectivity index (χ2v) is 4.88. The summed E-state index contributed by atoms with van der Waals surface area (Å²) in [6.07, 6.45) is 0.494. The maximum absolute atomic E-state index is 13.4. The minimum atomic E-state index is -0.917. The molecule has 0 saturated heterocycles. The molecule has 2 rings (SSSR count). The molecule has 0 unspecified atom stereocenters. The lowest BCUT2D eigenvalue weighted by Crippen LogP contribution is -2.22. The zero-order valence-corrected chi connectivity index (χ0v) is 12.2. The normalized spacial score (nSPS) is 10.3. The van der Waals surface area contributed by atoms with Crippen LogP contribution in [0, 0.1) is 11.6 Å². The van der Waals surface area contributed by atoms with Gasteiger partial charge in [-0.25, -0.2) is 13.6 Å². The number of nitrogens with zero attached hydrogens (tertiary/aromatic N) is 2. The molecule has 0 aliphatic rings. The van der Waals surface area contributed by atoms with Crippen LogP contribution < -0.4 is 5.32 Å². The molecular formula is C13H11F2N3O3S. The zero-order chi connectivity index (χ0) is 16.1. The van der Waals surface area contributed by atoms with E-state index in [1.54, 1.807) is 6.92 Å². The third-order valence-electron chi connectivity index (χ3n) is 2.64. The number of ether oxygens (including phenoxy) is 1. The van der Waals surface area contributed by atoms with Gasteiger partial charge in [-0.3, -0.25) is 4.79 Å². The molecule has 0 radical (unpaired) electrons. The molecular weight excluding hydrogens is 316 g/mol. The fourth-order valence-corrected chi connectivity index (χ4v) is 2.23. The lowest BCUT2D eigenvalue weighted by molar-refractivity contribution is -0.119. The summed E-state index contributed by atoms with van der Waals surface area (Å²) in [6.45, 7) is 1.12. The standard InChI is InChI=1S/C13H11F2N3O3S/c1-2-9-12(22-18-17-9)13(20)21-6-10(19)16-11-7(14)4-3-5-8(11)15/h3-5H,2,6H2,1H3,(H,16,19). The number of anilines is 1. The van der Waals surface area contributed by atoms with Crippen LogP contribution in [0.5, 0.6) is 0 Å². The van der Waals surface area contributed by atoms with E-state index < -0.39 is 35.8 Å². The topological polar surface area (TPSA) is 81.2 Å². The number of hydrogen-bond acceptors (Lipinski definition) is 6. The van der Waals surface area contributed by atoms with Crippen LogP contribution in [0.2, 0.25) is 0 Å². The van der Waals surface area contributed by atoms with E-state index in [2.05, 4.69) is 9.59 Å². The van der Waals surface area contributed by atoms with Gasteiger partial charge in [0.1, 0.15) is 17.3 Å². The van der Waals surface area contributed by atoms with Gasteiger partial charge in [-0.1, -0.05) is 17.5 Å². The molecule has 2 aromatic rings. The van der Waals surface area contributed by atoms with E-state index in [-0.39, 0.29) is 4.88 Å². The second kappa shape index (κ2) is 7.03. The summed E-state index contributed by atoms with van der Waals surface area (Å²) in [6, 6.07) is 3.17.